The van der Waals surface area contributed by atoms with Gasteiger partial charge in [-0.15, -0.1) is 0 Å². The normalized spacial score (nSPS) is 15.1. The van der Waals surface area contributed by atoms with Crippen LogP contribution in [0.3, 0.4) is 0 Å². The molecule has 0 bridgehead atoms. The zero-order valence-corrected chi connectivity index (χ0v) is 24.7. The van der Waals surface area contributed by atoms with Crippen molar-refractivity contribution in [2.75, 3.05) is 6.61 Å². The monoisotopic (exact) mass is 583 g/mol. The number of rotatable bonds is 6. The molecule has 0 aliphatic carbocycles. The number of hydrogen-bond donors (Lipinski definition) is 0. The van der Waals surface area contributed by atoms with Crippen molar-refractivity contribution >= 4 is 45.1 Å². The van der Waals surface area contributed by atoms with Gasteiger partial charge in [0.05, 0.1) is 28.5 Å². The van der Waals surface area contributed by atoms with Crippen molar-refractivity contribution in [3.8, 4) is 0 Å². The molecule has 1 aliphatic rings. The van der Waals surface area contributed by atoms with E-state index in [1.54, 1.807) is 11.5 Å². The summed E-state index contributed by atoms with van der Waals surface area (Å²) in [5.41, 5.74) is 4.88. The van der Waals surface area contributed by atoms with Crippen LogP contribution in [0.2, 0.25) is 0 Å². The smallest absolute Gasteiger partial charge is 0.338 e. The number of fused-ring (bicyclic) bond motifs is 3. The van der Waals surface area contributed by atoms with E-state index in [1.807, 2.05) is 85.8 Å². The van der Waals surface area contributed by atoms with Crippen LogP contribution in [0.4, 0.5) is 0 Å². The summed E-state index contributed by atoms with van der Waals surface area (Å²) in [6, 6.07) is 31.9. The Morgan fingerprint density at radius 3 is 2.47 bits per heavy atom. The molecule has 4 aromatic carbocycles. The molecule has 0 spiro atoms. The summed E-state index contributed by atoms with van der Waals surface area (Å²) in [5, 5.41) is 3.08. The summed E-state index contributed by atoms with van der Waals surface area (Å²) in [5.74, 6) is -0.458. The van der Waals surface area contributed by atoms with Gasteiger partial charge in [0.1, 0.15) is 0 Å². The highest BCUT2D eigenvalue weighted by atomic mass is 32.1. The fourth-order valence-electron chi connectivity index (χ4n) is 6.02. The van der Waals surface area contributed by atoms with Crippen LogP contribution in [0.15, 0.2) is 124 Å². The molecule has 0 saturated carbocycles. The van der Waals surface area contributed by atoms with Gasteiger partial charge in [-0.3, -0.25) is 9.36 Å². The molecule has 0 fully saturated rings. The van der Waals surface area contributed by atoms with E-state index in [4.69, 9.17) is 9.73 Å². The third kappa shape index (κ3) is 4.72. The van der Waals surface area contributed by atoms with Gasteiger partial charge in [0.15, 0.2) is 4.80 Å². The van der Waals surface area contributed by atoms with Crippen LogP contribution in [0.5, 0.6) is 0 Å². The van der Waals surface area contributed by atoms with E-state index < -0.39 is 12.0 Å². The van der Waals surface area contributed by atoms with Gasteiger partial charge in [0.25, 0.3) is 5.56 Å². The Hall–Kier alpha value is -5.01. The topological polar surface area (TPSA) is 65.6 Å². The Morgan fingerprint density at radius 1 is 0.930 bits per heavy atom. The molecule has 2 aromatic heterocycles. The van der Waals surface area contributed by atoms with Crippen molar-refractivity contribution in [2.24, 2.45) is 4.99 Å². The van der Waals surface area contributed by atoms with Crippen molar-refractivity contribution in [2.45, 2.75) is 26.4 Å². The van der Waals surface area contributed by atoms with E-state index in [2.05, 4.69) is 35.0 Å². The number of ether oxygens (including phenoxy) is 1. The fraction of sp³-hybridized carbons (Fsp3) is 0.139. The van der Waals surface area contributed by atoms with E-state index in [-0.39, 0.29) is 12.2 Å². The van der Waals surface area contributed by atoms with Crippen LogP contribution >= 0.6 is 11.3 Å². The largest absolute Gasteiger partial charge is 0.463 e. The highest BCUT2D eigenvalue weighted by Crippen LogP contribution is 2.35. The zero-order chi connectivity index (χ0) is 29.5. The third-order valence-corrected chi connectivity index (χ3v) is 8.92. The Kier molecular flexibility index (Phi) is 6.87. The molecule has 1 atom stereocenters. The molecule has 0 radical (unpaired) electrons. The minimum Gasteiger partial charge on any atom is -0.463 e. The first-order chi connectivity index (χ1) is 21.0. The standard InChI is InChI=1S/C36H29N3O3S/c1-3-42-35(41)32-23(2)37-36-39(33(32)29-18-11-15-25-14-7-8-16-27(25)29)34(40)31(43-36)20-26-22-38(21-24-12-5-4-6-13-24)30-19-10-9-17-28(26)30/h4-20,22,33H,3,21H2,1-2H3/b31-20+/t33-/m1/s1. The van der Waals surface area contributed by atoms with Gasteiger partial charge in [0.2, 0.25) is 0 Å². The highest BCUT2D eigenvalue weighted by molar-refractivity contribution is 7.07. The van der Waals surface area contributed by atoms with E-state index in [0.717, 1.165) is 39.3 Å². The van der Waals surface area contributed by atoms with Gasteiger partial charge in [-0.05, 0) is 47.9 Å². The van der Waals surface area contributed by atoms with E-state index in [1.165, 1.54) is 16.9 Å². The maximum absolute atomic E-state index is 14.3. The number of benzene rings is 4. The average molecular weight is 584 g/mol. The van der Waals surface area contributed by atoms with Crippen molar-refractivity contribution in [1.82, 2.24) is 9.13 Å². The Balaban J connectivity index is 1.43. The first-order valence-electron chi connectivity index (χ1n) is 14.3. The Morgan fingerprint density at radius 2 is 1.65 bits per heavy atom. The lowest BCUT2D eigenvalue weighted by Crippen LogP contribution is -2.40. The van der Waals surface area contributed by atoms with Crippen LogP contribution < -0.4 is 14.9 Å². The molecule has 43 heavy (non-hydrogen) atoms. The van der Waals surface area contributed by atoms with E-state index in [0.29, 0.717) is 20.6 Å². The molecular formula is C36H29N3O3S. The first kappa shape index (κ1) is 26.9. The average Bonchev–Trinajstić information content (AvgIpc) is 3.52. The maximum Gasteiger partial charge on any atom is 0.338 e. The molecule has 6 aromatic rings. The van der Waals surface area contributed by atoms with Gasteiger partial charge >= 0.3 is 5.97 Å². The molecule has 7 heteroatoms. The predicted octanol–water partition coefficient (Wildman–Crippen LogP) is 5.95. The quantitative estimate of drug-likeness (QED) is 0.228. The van der Waals surface area contributed by atoms with Crippen molar-refractivity contribution < 1.29 is 9.53 Å². The highest BCUT2D eigenvalue weighted by Gasteiger charge is 2.34. The minimum atomic E-state index is -0.664. The Labute approximate surface area is 252 Å². The van der Waals surface area contributed by atoms with Gasteiger partial charge in [-0.25, -0.2) is 9.79 Å². The lowest BCUT2D eigenvalue weighted by atomic mass is 9.91. The summed E-state index contributed by atoms with van der Waals surface area (Å²) in [6.45, 7) is 4.55. The van der Waals surface area contributed by atoms with Crippen molar-refractivity contribution in [3.05, 3.63) is 151 Å². The van der Waals surface area contributed by atoms with E-state index in [9.17, 15) is 9.59 Å². The number of carbonyl (C=O) groups is 1. The SMILES string of the molecule is CCOC(=O)C1=C(C)N=c2s/c(=C/c3cn(Cc4ccccc4)c4ccccc34)c(=O)n2[C@@H]1c1cccc2ccccc12. The maximum atomic E-state index is 14.3. The number of aromatic nitrogens is 2. The lowest BCUT2D eigenvalue weighted by molar-refractivity contribution is -0.139. The zero-order valence-electron chi connectivity index (χ0n) is 23.9. The first-order valence-corrected chi connectivity index (χ1v) is 15.1. The second-order valence-corrected chi connectivity index (χ2v) is 11.6. The number of nitrogens with zero attached hydrogens (tertiary/aromatic N) is 3. The second-order valence-electron chi connectivity index (χ2n) is 10.6. The molecule has 0 N–H and O–H groups in total. The molecule has 0 unspecified atom stereocenters. The number of carbonyl (C=O) groups excluding carboxylic acids is 1. The van der Waals surface area contributed by atoms with Crippen LogP contribution in [0.1, 0.15) is 36.6 Å². The summed E-state index contributed by atoms with van der Waals surface area (Å²) in [6.07, 6.45) is 4.06. The van der Waals surface area contributed by atoms with E-state index >= 15 is 0 Å². The van der Waals surface area contributed by atoms with Crippen molar-refractivity contribution in [3.63, 3.8) is 0 Å². The molecule has 6 nitrogen and oxygen atoms in total. The van der Waals surface area contributed by atoms with Gasteiger partial charge < -0.3 is 9.30 Å². The van der Waals surface area contributed by atoms with Crippen molar-refractivity contribution in [1.29, 1.82) is 0 Å². The van der Waals surface area contributed by atoms with Gasteiger partial charge in [0, 0.05) is 29.2 Å². The van der Waals surface area contributed by atoms with Gasteiger partial charge in [-0.2, -0.15) is 0 Å². The molecule has 212 valence electrons. The molecule has 0 amide bonds. The predicted molar refractivity (Wildman–Crippen MR) is 172 cm³/mol. The number of esters is 1. The number of thiazole rings is 1. The molecule has 3 heterocycles. The van der Waals surface area contributed by atoms with Crippen LogP contribution in [-0.2, 0) is 16.1 Å². The number of allylic oxidation sites excluding steroid dienone is 1. The number of hydrogen-bond acceptors (Lipinski definition) is 5. The molecule has 1 aliphatic heterocycles. The van der Waals surface area contributed by atoms with Crippen LogP contribution in [0, 0.1) is 0 Å². The van der Waals surface area contributed by atoms with Gasteiger partial charge in [-0.1, -0.05) is 102 Å². The van der Waals surface area contributed by atoms with Crippen LogP contribution in [0.25, 0.3) is 27.8 Å². The summed E-state index contributed by atoms with van der Waals surface area (Å²) < 4.78 is 9.94. The molecule has 7 rings (SSSR count). The molecule has 0 saturated heterocycles. The Bertz CT molecular complexity index is 2230. The molecular weight excluding hydrogens is 554 g/mol. The minimum absolute atomic E-state index is 0.184. The summed E-state index contributed by atoms with van der Waals surface area (Å²) in [7, 11) is 0. The summed E-state index contributed by atoms with van der Waals surface area (Å²) in [4.78, 5) is 33.0. The lowest BCUT2D eigenvalue weighted by Gasteiger charge is -2.25. The number of para-hydroxylation sites is 1. The summed E-state index contributed by atoms with van der Waals surface area (Å²) >= 11 is 1.35. The fourth-order valence-corrected chi connectivity index (χ4v) is 7.05. The van der Waals surface area contributed by atoms with Crippen LogP contribution in [-0.4, -0.2) is 21.7 Å². The third-order valence-electron chi connectivity index (χ3n) is 7.94. The second kappa shape index (κ2) is 11.0.